The Kier molecular flexibility index (Phi) is 8.82. The maximum Gasteiger partial charge on any atom is 0.00445 e. The second kappa shape index (κ2) is 9.69. The van der Waals surface area contributed by atoms with E-state index in [1.165, 1.54) is 11.1 Å². The molecule has 17 heavy (non-hydrogen) atoms. The number of hydrogen-bond acceptors (Lipinski definition) is 0. The van der Waals surface area contributed by atoms with Crippen molar-refractivity contribution >= 4 is 0 Å². The van der Waals surface area contributed by atoms with Gasteiger partial charge in [0.25, 0.3) is 0 Å². The lowest BCUT2D eigenvalue weighted by molar-refractivity contribution is 0.821. The highest BCUT2D eigenvalue weighted by Crippen LogP contribution is 2.15. The standard InChI is InChI=1S/C17H24/c1-6-9-10-12-17(11-7-2)14-16(8-3)13-15(4)5/h6-11,13,15H,3,14H2,1-2,4-5H3/b9-6-,11-7-,16-13+. The van der Waals surface area contributed by atoms with Gasteiger partial charge in [-0.15, -0.1) is 5.73 Å². The molecule has 0 fully saturated rings. The minimum Gasteiger partial charge on any atom is -0.117 e. The van der Waals surface area contributed by atoms with Crippen LogP contribution in [-0.4, -0.2) is 0 Å². The quantitative estimate of drug-likeness (QED) is 0.423. The van der Waals surface area contributed by atoms with Crippen LogP contribution in [0.1, 0.15) is 34.1 Å². The SMILES string of the molecule is C=C/C(=C\C(C)C)CC(=C=C/C=C\C)/C=C\C. The fraction of sp³-hybridized carbons (Fsp3) is 0.353. The first-order valence-electron chi connectivity index (χ1n) is 6.16. The van der Waals surface area contributed by atoms with Gasteiger partial charge in [-0.05, 0) is 37.0 Å². The third-order valence-corrected chi connectivity index (χ3v) is 2.13. The molecule has 0 N–H and O–H groups in total. The molecule has 0 aliphatic carbocycles. The Morgan fingerprint density at radius 2 is 1.94 bits per heavy atom. The Morgan fingerprint density at radius 1 is 1.24 bits per heavy atom. The highest BCUT2D eigenvalue weighted by atomic mass is 14.0. The van der Waals surface area contributed by atoms with Crippen molar-refractivity contribution in [2.45, 2.75) is 34.1 Å². The van der Waals surface area contributed by atoms with Crippen LogP contribution in [0.3, 0.4) is 0 Å². The maximum atomic E-state index is 3.87. The molecule has 0 aromatic rings. The van der Waals surface area contributed by atoms with Gasteiger partial charge in [0.2, 0.25) is 0 Å². The molecule has 0 unspecified atom stereocenters. The van der Waals surface area contributed by atoms with Crippen molar-refractivity contribution in [1.82, 2.24) is 0 Å². The summed E-state index contributed by atoms with van der Waals surface area (Å²) < 4.78 is 0. The zero-order valence-corrected chi connectivity index (χ0v) is 11.5. The van der Waals surface area contributed by atoms with E-state index in [-0.39, 0.29) is 0 Å². The Bertz CT molecular complexity index is 367. The van der Waals surface area contributed by atoms with Crippen LogP contribution in [0.5, 0.6) is 0 Å². The molecule has 0 heteroatoms. The van der Waals surface area contributed by atoms with E-state index in [9.17, 15) is 0 Å². The molecule has 0 heterocycles. The van der Waals surface area contributed by atoms with Gasteiger partial charge in [-0.3, -0.25) is 0 Å². The number of rotatable bonds is 6. The lowest BCUT2D eigenvalue weighted by Crippen LogP contribution is -1.87. The summed E-state index contributed by atoms with van der Waals surface area (Å²) in [6, 6.07) is 0. The molecule has 0 saturated heterocycles. The molecule has 0 saturated carbocycles. The summed E-state index contributed by atoms with van der Waals surface area (Å²) >= 11 is 0. The number of allylic oxidation sites excluding steroid dienone is 8. The Morgan fingerprint density at radius 3 is 2.41 bits per heavy atom. The normalized spacial score (nSPS) is 12.2. The van der Waals surface area contributed by atoms with Crippen LogP contribution in [0.25, 0.3) is 0 Å². The van der Waals surface area contributed by atoms with Crippen LogP contribution in [0.15, 0.2) is 66.0 Å². The Hall–Kier alpha value is -1.52. The second-order valence-corrected chi connectivity index (χ2v) is 4.23. The summed E-state index contributed by atoms with van der Waals surface area (Å²) in [7, 11) is 0. The summed E-state index contributed by atoms with van der Waals surface area (Å²) in [6.07, 6.45) is 15.1. The summed E-state index contributed by atoms with van der Waals surface area (Å²) in [4.78, 5) is 0. The van der Waals surface area contributed by atoms with Crippen molar-refractivity contribution in [2.75, 3.05) is 0 Å². The minimum atomic E-state index is 0.550. The van der Waals surface area contributed by atoms with Crippen molar-refractivity contribution in [3.05, 3.63) is 66.0 Å². The largest absolute Gasteiger partial charge is 0.117 e. The zero-order valence-electron chi connectivity index (χ0n) is 11.5. The predicted molar refractivity (Wildman–Crippen MR) is 79.0 cm³/mol. The molecule has 0 amide bonds. The smallest absolute Gasteiger partial charge is 0.00445 e. The molecule has 0 spiro atoms. The maximum absolute atomic E-state index is 3.87. The van der Waals surface area contributed by atoms with E-state index in [0.29, 0.717) is 5.92 Å². The Balaban J connectivity index is 4.99. The minimum absolute atomic E-state index is 0.550. The zero-order chi connectivity index (χ0) is 13.1. The van der Waals surface area contributed by atoms with E-state index < -0.39 is 0 Å². The first-order chi connectivity index (χ1) is 8.13. The molecule has 0 atom stereocenters. The van der Waals surface area contributed by atoms with E-state index in [1.807, 2.05) is 44.2 Å². The molecule has 92 valence electrons. The van der Waals surface area contributed by atoms with E-state index in [0.717, 1.165) is 6.42 Å². The van der Waals surface area contributed by atoms with Crippen LogP contribution in [0.4, 0.5) is 0 Å². The van der Waals surface area contributed by atoms with Gasteiger partial charge in [-0.1, -0.05) is 56.9 Å². The molecule has 0 aromatic heterocycles. The first kappa shape index (κ1) is 15.5. The van der Waals surface area contributed by atoms with Crippen molar-refractivity contribution in [3.8, 4) is 0 Å². The molecular formula is C17H24. The van der Waals surface area contributed by atoms with Crippen molar-refractivity contribution in [1.29, 1.82) is 0 Å². The van der Waals surface area contributed by atoms with Gasteiger partial charge in [-0.25, -0.2) is 0 Å². The van der Waals surface area contributed by atoms with Gasteiger partial charge in [-0.2, -0.15) is 0 Å². The lowest BCUT2D eigenvalue weighted by atomic mass is 10.0. The second-order valence-electron chi connectivity index (χ2n) is 4.23. The van der Waals surface area contributed by atoms with Crippen molar-refractivity contribution in [3.63, 3.8) is 0 Å². The van der Waals surface area contributed by atoms with Crippen LogP contribution in [0.2, 0.25) is 0 Å². The molecular weight excluding hydrogens is 204 g/mol. The van der Waals surface area contributed by atoms with Gasteiger partial charge < -0.3 is 0 Å². The molecule has 0 aliphatic heterocycles. The summed E-state index contributed by atoms with van der Waals surface area (Å²) in [5, 5.41) is 0. The fourth-order valence-electron chi connectivity index (χ4n) is 1.46. The van der Waals surface area contributed by atoms with Crippen molar-refractivity contribution in [2.24, 2.45) is 5.92 Å². The van der Waals surface area contributed by atoms with Crippen molar-refractivity contribution < 1.29 is 0 Å². The average Bonchev–Trinajstić information content (AvgIpc) is 2.28. The van der Waals surface area contributed by atoms with E-state index >= 15 is 0 Å². The van der Waals surface area contributed by atoms with Gasteiger partial charge in [0.05, 0.1) is 0 Å². The fourth-order valence-corrected chi connectivity index (χ4v) is 1.46. The van der Waals surface area contributed by atoms with Crippen LogP contribution in [0, 0.1) is 5.92 Å². The molecule has 0 nitrogen and oxygen atoms in total. The van der Waals surface area contributed by atoms with E-state index in [2.05, 4.69) is 38.3 Å². The molecule has 0 bridgehead atoms. The first-order valence-corrected chi connectivity index (χ1v) is 6.16. The third kappa shape index (κ3) is 8.30. The summed E-state index contributed by atoms with van der Waals surface area (Å²) in [6.45, 7) is 12.2. The lowest BCUT2D eigenvalue weighted by Gasteiger charge is -2.04. The number of hydrogen-bond donors (Lipinski definition) is 0. The van der Waals surface area contributed by atoms with Crippen LogP contribution < -0.4 is 0 Å². The molecule has 0 aliphatic rings. The van der Waals surface area contributed by atoms with Crippen LogP contribution >= 0.6 is 0 Å². The molecule has 0 aromatic carbocycles. The monoisotopic (exact) mass is 228 g/mol. The van der Waals surface area contributed by atoms with Crippen LogP contribution in [-0.2, 0) is 0 Å². The molecule has 0 radical (unpaired) electrons. The van der Waals surface area contributed by atoms with E-state index in [4.69, 9.17) is 0 Å². The highest BCUT2D eigenvalue weighted by Gasteiger charge is 1.97. The highest BCUT2D eigenvalue weighted by molar-refractivity contribution is 5.30. The topological polar surface area (TPSA) is 0 Å². The third-order valence-electron chi connectivity index (χ3n) is 2.13. The van der Waals surface area contributed by atoms with Gasteiger partial charge >= 0.3 is 0 Å². The van der Waals surface area contributed by atoms with Gasteiger partial charge in [0.15, 0.2) is 0 Å². The van der Waals surface area contributed by atoms with Gasteiger partial charge in [0.1, 0.15) is 0 Å². The average molecular weight is 228 g/mol. The van der Waals surface area contributed by atoms with E-state index in [1.54, 1.807) is 0 Å². The summed E-state index contributed by atoms with van der Waals surface area (Å²) in [5.74, 6) is 0.550. The predicted octanol–water partition coefficient (Wildman–Crippen LogP) is 5.38. The molecule has 0 rings (SSSR count). The Labute approximate surface area is 106 Å². The summed E-state index contributed by atoms with van der Waals surface area (Å²) in [5.41, 5.74) is 5.73. The van der Waals surface area contributed by atoms with Gasteiger partial charge in [0, 0.05) is 6.42 Å².